The Kier molecular flexibility index (Phi) is 7.70. The lowest BCUT2D eigenvalue weighted by atomic mass is 10.1. The van der Waals surface area contributed by atoms with E-state index in [4.69, 9.17) is 5.11 Å². The predicted molar refractivity (Wildman–Crippen MR) is 83.3 cm³/mol. The highest BCUT2D eigenvalue weighted by Gasteiger charge is 2.27. The Bertz CT molecular complexity index is 562. The molecule has 0 heterocycles. The number of benzene rings is 1. The van der Waals surface area contributed by atoms with Crippen LogP contribution in [0.3, 0.4) is 0 Å². The fourth-order valence-electron chi connectivity index (χ4n) is 1.99. The molecule has 0 radical (unpaired) electrons. The normalized spacial score (nSPS) is 12.5. The standard InChI is InChI=1S/C16H21F3N2O3/c1-11(7-9-22)10-20-14(23)15(24)21-13-5-3-2-4-12(13)6-8-16(17,18)19/h2-5,11,22H,6-10H2,1H3,(H,20,23)(H,21,24). The van der Waals surface area contributed by atoms with Crippen LogP contribution in [-0.2, 0) is 16.0 Å². The van der Waals surface area contributed by atoms with E-state index >= 15 is 0 Å². The van der Waals surface area contributed by atoms with Crippen molar-refractivity contribution >= 4 is 17.5 Å². The van der Waals surface area contributed by atoms with Crippen LogP contribution >= 0.6 is 0 Å². The van der Waals surface area contributed by atoms with Gasteiger partial charge in [-0.15, -0.1) is 0 Å². The molecule has 134 valence electrons. The highest BCUT2D eigenvalue weighted by molar-refractivity contribution is 6.39. The van der Waals surface area contributed by atoms with Gasteiger partial charge in [0.2, 0.25) is 0 Å². The van der Waals surface area contributed by atoms with E-state index in [1.807, 2.05) is 0 Å². The Morgan fingerprint density at radius 3 is 2.50 bits per heavy atom. The van der Waals surface area contributed by atoms with Gasteiger partial charge in [0.1, 0.15) is 0 Å². The minimum Gasteiger partial charge on any atom is -0.396 e. The summed E-state index contributed by atoms with van der Waals surface area (Å²) in [5, 5.41) is 13.5. The lowest BCUT2D eigenvalue weighted by Gasteiger charge is -2.13. The maximum absolute atomic E-state index is 12.3. The number of aliphatic hydroxyl groups excluding tert-OH is 1. The molecule has 1 atom stereocenters. The van der Waals surface area contributed by atoms with Gasteiger partial charge in [0.15, 0.2) is 0 Å². The number of halogens is 3. The molecule has 2 amide bonds. The summed E-state index contributed by atoms with van der Waals surface area (Å²) in [7, 11) is 0. The van der Waals surface area contributed by atoms with Crippen molar-refractivity contribution in [3.63, 3.8) is 0 Å². The molecule has 0 aliphatic heterocycles. The third-order valence-electron chi connectivity index (χ3n) is 3.38. The van der Waals surface area contributed by atoms with Gasteiger partial charge in [-0.25, -0.2) is 0 Å². The molecule has 0 aliphatic rings. The number of aliphatic hydroxyl groups is 1. The van der Waals surface area contributed by atoms with Crippen LogP contribution < -0.4 is 10.6 Å². The number of para-hydroxylation sites is 1. The first-order chi connectivity index (χ1) is 11.2. The summed E-state index contributed by atoms with van der Waals surface area (Å²) < 4.78 is 37.0. The molecule has 1 unspecified atom stereocenters. The second kappa shape index (κ2) is 9.27. The average Bonchev–Trinajstić information content (AvgIpc) is 2.51. The Labute approximate surface area is 138 Å². The van der Waals surface area contributed by atoms with Gasteiger partial charge in [-0.05, 0) is 30.4 Å². The first kappa shape index (κ1) is 20.0. The third-order valence-corrected chi connectivity index (χ3v) is 3.38. The number of nitrogens with one attached hydrogen (secondary N) is 2. The molecular formula is C16H21F3N2O3. The highest BCUT2D eigenvalue weighted by atomic mass is 19.4. The van der Waals surface area contributed by atoms with Crippen LogP contribution in [0, 0.1) is 5.92 Å². The van der Waals surface area contributed by atoms with Crippen LogP contribution in [0.25, 0.3) is 0 Å². The molecule has 0 spiro atoms. The molecule has 24 heavy (non-hydrogen) atoms. The minimum absolute atomic E-state index is 0.00539. The van der Waals surface area contributed by atoms with Crippen LogP contribution in [0.2, 0.25) is 0 Å². The summed E-state index contributed by atoms with van der Waals surface area (Å²) in [5.74, 6) is -1.80. The fraction of sp³-hybridized carbons (Fsp3) is 0.500. The largest absolute Gasteiger partial charge is 0.396 e. The van der Waals surface area contributed by atoms with Crippen LogP contribution in [0.1, 0.15) is 25.3 Å². The molecule has 0 aliphatic carbocycles. The van der Waals surface area contributed by atoms with E-state index in [-0.39, 0.29) is 31.2 Å². The molecule has 1 aromatic carbocycles. The number of hydrogen-bond donors (Lipinski definition) is 3. The quantitative estimate of drug-likeness (QED) is 0.663. The fourth-order valence-corrected chi connectivity index (χ4v) is 1.99. The van der Waals surface area contributed by atoms with Gasteiger partial charge in [-0.2, -0.15) is 13.2 Å². The Morgan fingerprint density at radius 2 is 1.88 bits per heavy atom. The van der Waals surface area contributed by atoms with Crippen molar-refractivity contribution < 1.29 is 27.9 Å². The molecule has 3 N–H and O–H groups in total. The molecule has 1 aromatic rings. The number of alkyl halides is 3. The minimum atomic E-state index is -4.29. The topological polar surface area (TPSA) is 78.4 Å². The van der Waals surface area contributed by atoms with E-state index in [0.29, 0.717) is 12.0 Å². The Balaban J connectivity index is 2.61. The molecule has 1 rings (SSSR count). The first-order valence-corrected chi connectivity index (χ1v) is 7.57. The lowest BCUT2D eigenvalue weighted by Crippen LogP contribution is -2.38. The van der Waals surface area contributed by atoms with Crippen LogP contribution in [0.15, 0.2) is 24.3 Å². The van der Waals surface area contributed by atoms with E-state index in [0.717, 1.165) is 0 Å². The average molecular weight is 346 g/mol. The van der Waals surface area contributed by atoms with Gasteiger partial charge in [0.25, 0.3) is 0 Å². The second-order valence-electron chi connectivity index (χ2n) is 5.55. The van der Waals surface area contributed by atoms with Crippen molar-refractivity contribution in [2.45, 2.75) is 32.4 Å². The van der Waals surface area contributed by atoms with E-state index in [9.17, 15) is 22.8 Å². The second-order valence-corrected chi connectivity index (χ2v) is 5.55. The monoisotopic (exact) mass is 346 g/mol. The highest BCUT2D eigenvalue weighted by Crippen LogP contribution is 2.25. The van der Waals surface area contributed by atoms with Gasteiger partial charge in [0.05, 0.1) is 0 Å². The molecule has 0 aromatic heterocycles. The third kappa shape index (κ3) is 7.45. The van der Waals surface area contributed by atoms with Crippen LogP contribution in [-0.4, -0.2) is 36.2 Å². The number of carbonyl (C=O) groups is 2. The van der Waals surface area contributed by atoms with Gasteiger partial charge >= 0.3 is 18.0 Å². The number of aryl methyl sites for hydroxylation is 1. The molecule has 0 fully saturated rings. The number of carbonyl (C=O) groups excluding carboxylic acids is 2. The number of rotatable bonds is 7. The maximum atomic E-state index is 12.3. The van der Waals surface area contributed by atoms with E-state index in [1.54, 1.807) is 19.1 Å². The molecule has 0 saturated heterocycles. The molecule has 5 nitrogen and oxygen atoms in total. The zero-order valence-corrected chi connectivity index (χ0v) is 13.3. The van der Waals surface area contributed by atoms with E-state index in [1.165, 1.54) is 12.1 Å². The summed E-state index contributed by atoms with van der Waals surface area (Å²) in [6.07, 6.45) is -5.10. The zero-order valence-electron chi connectivity index (χ0n) is 13.3. The Hall–Kier alpha value is -2.09. The lowest BCUT2D eigenvalue weighted by molar-refractivity contribution is -0.136. The van der Waals surface area contributed by atoms with Gasteiger partial charge in [-0.1, -0.05) is 25.1 Å². The van der Waals surface area contributed by atoms with Crippen molar-refractivity contribution in [1.82, 2.24) is 5.32 Å². The maximum Gasteiger partial charge on any atom is 0.389 e. The van der Waals surface area contributed by atoms with Crippen LogP contribution in [0.5, 0.6) is 0 Å². The smallest absolute Gasteiger partial charge is 0.389 e. The molecule has 0 bridgehead atoms. The summed E-state index contributed by atoms with van der Waals surface area (Å²) in [5.41, 5.74) is 0.495. The molecular weight excluding hydrogens is 325 g/mol. The number of amides is 2. The summed E-state index contributed by atoms with van der Waals surface area (Å²) in [4.78, 5) is 23.6. The van der Waals surface area contributed by atoms with Crippen molar-refractivity contribution in [3.8, 4) is 0 Å². The van der Waals surface area contributed by atoms with Crippen molar-refractivity contribution in [2.75, 3.05) is 18.5 Å². The number of hydrogen-bond acceptors (Lipinski definition) is 3. The van der Waals surface area contributed by atoms with Gasteiger partial charge in [0, 0.05) is 25.3 Å². The molecule has 0 saturated carbocycles. The van der Waals surface area contributed by atoms with E-state index < -0.39 is 24.4 Å². The van der Waals surface area contributed by atoms with Crippen molar-refractivity contribution in [3.05, 3.63) is 29.8 Å². The summed E-state index contributed by atoms with van der Waals surface area (Å²) >= 11 is 0. The molecule has 8 heteroatoms. The van der Waals surface area contributed by atoms with Crippen molar-refractivity contribution in [2.24, 2.45) is 5.92 Å². The van der Waals surface area contributed by atoms with Gasteiger partial charge in [-0.3, -0.25) is 9.59 Å². The van der Waals surface area contributed by atoms with Crippen LogP contribution in [0.4, 0.5) is 18.9 Å². The summed E-state index contributed by atoms with van der Waals surface area (Å²) in [6, 6.07) is 6.06. The Morgan fingerprint density at radius 1 is 1.21 bits per heavy atom. The SMILES string of the molecule is CC(CCO)CNC(=O)C(=O)Nc1ccccc1CCC(F)(F)F. The first-order valence-electron chi connectivity index (χ1n) is 7.57. The summed E-state index contributed by atoms with van der Waals surface area (Å²) in [6.45, 7) is 2.01. The van der Waals surface area contributed by atoms with E-state index in [2.05, 4.69) is 10.6 Å². The zero-order chi connectivity index (χ0) is 18.2. The van der Waals surface area contributed by atoms with Gasteiger partial charge < -0.3 is 15.7 Å². The predicted octanol–water partition coefficient (Wildman–Crippen LogP) is 2.25. The van der Waals surface area contributed by atoms with Crippen molar-refractivity contribution in [1.29, 1.82) is 0 Å². The number of anilines is 1.